The van der Waals surface area contributed by atoms with Gasteiger partial charge < -0.3 is 4.42 Å². The second kappa shape index (κ2) is 11.9. The van der Waals surface area contributed by atoms with Gasteiger partial charge in [0.25, 0.3) is 0 Å². The molecule has 51 heavy (non-hydrogen) atoms. The van der Waals surface area contributed by atoms with Crippen LogP contribution in [-0.4, -0.2) is 23.7 Å². The van der Waals surface area contributed by atoms with Crippen molar-refractivity contribution in [3.05, 3.63) is 164 Å². The van der Waals surface area contributed by atoms with Crippen molar-refractivity contribution in [2.45, 2.75) is 6.55 Å². The van der Waals surface area contributed by atoms with Crippen LogP contribution in [0.1, 0.15) is 0 Å². The molecule has 4 nitrogen and oxygen atoms in total. The van der Waals surface area contributed by atoms with Crippen LogP contribution in [0.3, 0.4) is 0 Å². The lowest BCUT2D eigenvalue weighted by Gasteiger charge is -2.13. The van der Waals surface area contributed by atoms with Gasteiger partial charge in [-0.1, -0.05) is 146 Å². The van der Waals surface area contributed by atoms with E-state index in [1.807, 2.05) is 24.3 Å². The Morgan fingerprint density at radius 3 is 1.57 bits per heavy atom. The molecule has 0 N–H and O–H groups in total. The van der Waals surface area contributed by atoms with E-state index in [9.17, 15) is 0 Å². The zero-order chi connectivity index (χ0) is 33.9. The van der Waals surface area contributed by atoms with E-state index in [1.54, 1.807) is 0 Å². The van der Waals surface area contributed by atoms with Crippen molar-refractivity contribution in [1.82, 2.24) is 15.0 Å². The minimum atomic E-state index is -1.58. The topological polar surface area (TPSA) is 51.8 Å². The molecule has 0 aliphatic carbocycles. The van der Waals surface area contributed by atoms with Gasteiger partial charge in [-0.25, -0.2) is 15.0 Å². The first-order chi connectivity index (χ1) is 25.2. The van der Waals surface area contributed by atoms with Gasteiger partial charge in [-0.05, 0) is 68.0 Å². The Labute approximate surface area is 297 Å². The molecule has 0 saturated carbocycles. The van der Waals surface area contributed by atoms with Crippen LogP contribution >= 0.6 is 0 Å². The summed E-state index contributed by atoms with van der Waals surface area (Å²) in [5, 5.41) is 5.00. The van der Waals surface area contributed by atoms with E-state index in [0.29, 0.717) is 17.5 Å². The lowest BCUT2D eigenvalue weighted by Crippen LogP contribution is -2.36. The third-order valence-corrected chi connectivity index (χ3v) is 13.1. The number of fused-ring (bicyclic) bond motifs is 6. The van der Waals surface area contributed by atoms with Crippen molar-refractivity contribution in [1.29, 1.82) is 0 Å². The van der Waals surface area contributed by atoms with E-state index < -0.39 is 8.80 Å². The molecule has 1 aliphatic rings. The predicted molar refractivity (Wildman–Crippen MR) is 212 cm³/mol. The number of hydrogen-bond acceptors (Lipinski definition) is 4. The number of rotatable bonds is 5. The Morgan fingerprint density at radius 1 is 0.392 bits per heavy atom. The molecule has 10 rings (SSSR count). The van der Waals surface area contributed by atoms with Gasteiger partial charge in [0.05, 0.1) is 0 Å². The first kappa shape index (κ1) is 29.5. The van der Waals surface area contributed by atoms with Crippen molar-refractivity contribution in [2.24, 2.45) is 0 Å². The van der Waals surface area contributed by atoms with Crippen LogP contribution in [0.2, 0.25) is 6.55 Å². The summed E-state index contributed by atoms with van der Waals surface area (Å²) >= 11 is 0. The molecule has 1 atom stereocenters. The molecule has 0 spiro atoms. The fourth-order valence-electron chi connectivity index (χ4n) is 7.66. The largest absolute Gasteiger partial charge is 0.456 e. The highest BCUT2D eigenvalue weighted by Crippen LogP contribution is 2.36. The summed E-state index contributed by atoms with van der Waals surface area (Å²) in [6.07, 6.45) is 0. The highest BCUT2D eigenvalue weighted by molar-refractivity contribution is 6.89. The Morgan fingerprint density at radius 2 is 0.902 bits per heavy atom. The van der Waals surface area contributed by atoms with Gasteiger partial charge in [-0.15, -0.1) is 0 Å². The van der Waals surface area contributed by atoms with E-state index in [4.69, 9.17) is 19.4 Å². The minimum absolute atomic E-state index is 0.625. The second-order valence-corrected chi connectivity index (χ2v) is 15.9. The lowest BCUT2D eigenvalue weighted by atomic mass is 9.99. The first-order valence-electron chi connectivity index (χ1n) is 17.3. The van der Waals surface area contributed by atoms with Crippen LogP contribution in [-0.2, 0) is 0 Å². The van der Waals surface area contributed by atoms with Crippen molar-refractivity contribution in [2.75, 3.05) is 0 Å². The van der Waals surface area contributed by atoms with Crippen LogP contribution in [0, 0.1) is 0 Å². The van der Waals surface area contributed by atoms with E-state index in [-0.39, 0.29) is 0 Å². The molecule has 2 aromatic heterocycles. The van der Waals surface area contributed by atoms with E-state index in [1.165, 1.54) is 32.6 Å². The SMILES string of the molecule is C[SiH]1c2cc(-c3ccccc3)ccc2-c2cccc(-c3nc(-c4ccccc4)nc(-c4ccc5c(c4)oc4cc(-c6ccccc6)ccc45)n3)c21. The summed E-state index contributed by atoms with van der Waals surface area (Å²) in [4.78, 5) is 15.4. The van der Waals surface area contributed by atoms with E-state index >= 15 is 0 Å². The summed E-state index contributed by atoms with van der Waals surface area (Å²) in [6.45, 7) is 2.43. The molecule has 1 unspecified atom stereocenters. The van der Waals surface area contributed by atoms with Gasteiger partial charge in [0, 0.05) is 27.5 Å². The summed E-state index contributed by atoms with van der Waals surface area (Å²) < 4.78 is 6.49. The molecule has 0 saturated heterocycles. The van der Waals surface area contributed by atoms with Gasteiger partial charge in [-0.3, -0.25) is 0 Å². The molecule has 5 heteroatoms. The van der Waals surface area contributed by atoms with Crippen LogP contribution in [0.4, 0.5) is 0 Å². The molecule has 3 heterocycles. The Kier molecular flexibility index (Phi) is 6.86. The fraction of sp³-hybridized carbons (Fsp3) is 0.0217. The van der Waals surface area contributed by atoms with Gasteiger partial charge in [-0.2, -0.15) is 0 Å². The molecule has 0 fully saturated rings. The third kappa shape index (κ3) is 5.01. The summed E-state index contributed by atoms with van der Waals surface area (Å²) in [5.41, 5.74) is 12.0. The summed E-state index contributed by atoms with van der Waals surface area (Å²) in [5.74, 6) is 1.98. The Hall–Kier alpha value is -6.43. The number of nitrogens with zero attached hydrogens (tertiary/aromatic N) is 3. The van der Waals surface area contributed by atoms with Gasteiger partial charge in [0.15, 0.2) is 17.5 Å². The van der Waals surface area contributed by atoms with Crippen LogP contribution in [0.5, 0.6) is 0 Å². The average Bonchev–Trinajstić information content (AvgIpc) is 3.72. The van der Waals surface area contributed by atoms with Crippen LogP contribution in [0.25, 0.3) is 89.5 Å². The van der Waals surface area contributed by atoms with Crippen molar-refractivity contribution >= 4 is 41.1 Å². The maximum atomic E-state index is 6.49. The normalized spacial score (nSPS) is 13.4. The Balaban J connectivity index is 1.10. The van der Waals surface area contributed by atoms with Gasteiger partial charge in [0.2, 0.25) is 0 Å². The van der Waals surface area contributed by atoms with Crippen molar-refractivity contribution in [3.8, 4) is 67.5 Å². The first-order valence-corrected chi connectivity index (χ1v) is 19.7. The minimum Gasteiger partial charge on any atom is -0.456 e. The van der Waals surface area contributed by atoms with Gasteiger partial charge >= 0.3 is 0 Å². The Bertz CT molecular complexity index is 2760. The summed E-state index contributed by atoms with van der Waals surface area (Å²) in [7, 11) is -1.58. The zero-order valence-corrected chi connectivity index (χ0v) is 29.1. The van der Waals surface area contributed by atoms with Crippen LogP contribution < -0.4 is 10.4 Å². The standard InChI is InChI=1S/C46H31N3OSi/c1-51-42-28-33(30-14-7-3-8-15-30)21-25-37(42)38-18-11-19-39(43(38)51)46-48-44(31-16-9-4-10-17-31)47-45(49-46)34-22-24-36-35-23-20-32(29-12-5-2-6-13-29)26-40(35)50-41(36)27-34/h2-28,51H,1H3. The average molecular weight is 670 g/mol. The fourth-order valence-corrected chi connectivity index (χ4v) is 10.5. The van der Waals surface area contributed by atoms with Gasteiger partial charge in [0.1, 0.15) is 20.0 Å². The molecule has 0 bridgehead atoms. The quantitative estimate of drug-likeness (QED) is 0.171. The van der Waals surface area contributed by atoms with Crippen molar-refractivity contribution < 1.29 is 4.42 Å². The highest BCUT2D eigenvalue weighted by atomic mass is 28.3. The molecule has 7 aromatic carbocycles. The predicted octanol–water partition coefficient (Wildman–Crippen LogP) is 10.1. The summed E-state index contributed by atoms with van der Waals surface area (Å²) in [6, 6.07) is 57.5. The molecule has 240 valence electrons. The van der Waals surface area contributed by atoms with E-state index in [2.05, 4.69) is 146 Å². The molecule has 1 aliphatic heterocycles. The number of aromatic nitrogens is 3. The monoisotopic (exact) mass is 669 g/mol. The lowest BCUT2D eigenvalue weighted by molar-refractivity contribution is 0.669. The van der Waals surface area contributed by atoms with Crippen molar-refractivity contribution in [3.63, 3.8) is 0 Å². The third-order valence-electron chi connectivity index (χ3n) is 10.2. The molecule has 0 radical (unpaired) electrons. The number of hydrogen-bond donors (Lipinski definition) is 0. The second-order valence-electron chi connectivity index (χ2n) is 13.2. The molecule has 0 amide bonds. The smallest absolute Gasteiger partial charge is 0.164 e. The maximum Gasteiger partial charge on any atom is 0.164 e. The zero-order valence-electron chi connectivity index (χ0n) is 27.9. The maximum absolute atomic E-state index is 6.49. The van der Waals surface area contributed by atoms with Crippen LogP contribution in [0.15, 0.2) is 168 Å². The molecule has 9 aromatic rings. The number of furan rings is 1. The number of benzene rings is 7. The molecular formula is C46H31N3OSi. The van der Waals surface area contributed by atoms with E-state index in [0.717, 1.165) is 49.8 Å². The highest BCUT2D eigenvalue weighted by Gasteiger charge is 2.31. The molecular weight excluding hydrogens is 639 g/mol.